The molecule has 1 aromatic carbocycles. The van der Waals surface area contributed by atoms with Gasteiger partial charge in [0.15, 0.2) is 18.7 Å². The number of methoxy groups -OCH3 is 1. The molecule has 0 N–H and O–H groups in total. The Morgan fingerprint density at radius 1 is 1.19 bits per heavy atom. The van der Waals surface area contributed by atoms with E-state index in [0.29, 0.717) is 5.76 Å². The van der Waals surface area contributed by atoms with Crippen LogP contribution in [0.3, 0.4) is 0 Å². The van der Waals surface area contributed by atoms with E-state index in [1.54, 1.807) is 13.8 Å². The molecule has 6 atom stereocenters. The molecule has 166 valence electrons. The van der Waals surface area contributed by atoms with Gasteiger partial charge in [0.2, 0.25) is 0 Å². The second kappa shape index (κ2) is 7.30. The number of allylic oxidation sites excluding steroid dienone is 1. The van der Waals surface area contributed by atoms with Gasteiger partial charge < -0.3 is 33.2 Å². The van der Waals surface area contributed by atoms with Gasteiger partial charge in [0.05, 0.1) is 25.2 Å². The minimum Gasteiger partial charge on any atom is -0.463 e. The molecule has 4 aliphatic rings. The quantitative estimate of drug-likeness (QED) is 0.661. The van der Waals surface area contributed by atoms with Crippen molar-refractivity contribution < 1.29 is 42.7 Å². The van der Waals surface area contributed by atoms with Crippen molar-refractivity contribution in [3.05, 3.63) is 47.2 Å². The lowest BCUT2D eigenvalue weighted by Crippen LogP contribution is -2.70. The van der Waals surface area contributed by atoms with E-state index in [1.165, 1.54) is 7.11 Å². The highest BCUT2D eigenvalue weighted by Crippen LogP contribution is 2.65. The first kappa shape index (κ1) is 20.4. The van der Waals surface area contributed by atoms with E-state index in [2.05, 4.69) is 0 Å². The van der Waals surface area contributed by atoms with E-state index < -0.39 is 47.9 Å². The Hall–Kier alpha value is -2.46. The van der Waals surface area contributed by atoms with Crippen LogP contribution in [-0.4, -0.2) is 56.5 Å². The lowest BCUT2D eigenvalue weighted by Gasteiger charge is -2.53. The first-order valence-electron chi connectivity index (χ1n) is 10.3. The normalized spacial score (nSPS) is 38.6. The summed E-state index contributed by atoms with van der Waals surface area (Å²) in [6.45, 7) is 3.68. The number of carbonyl (C=O) groups is 2. The molecular weight excluding hydrogens is 408 g/mol. The van der Waals surface area contributed by atoms with Gasteiger partial charge in [0, 0.05) is 12.7 Å². The topological polar surface area (TPSA) is 98.8 Å². The van der Waals surface area contributed by atoms with Gasteiger partial charge in [-0.05, 0) is 13.8 Å². The number of esters is 2. The van der Waals surface area contributed by atoms with Crippen molar-refractivity contribution in [3.63, 3.8) is 0 Å². The van der Waals surface area contributed by atoms with Crippen LogP contribution in [-0.2, 0) is 42.7 Å². The van der Waals surface area contributed by atoms with Crippen LogP contribution in [0, 0.1) is 5.41 Å². The maximum absolute atomic E-state index is 13.0. The Labute approximate surface area is 179 Å². The molecule has 5 rings (SSSR count). The smallest absolute Gasteiger partial charge is 0.338 e. The number of benzene rings is 1. The van der Waals surface area contributed by atoms with Crippen LogP contribution < -0.4 is 0 Å². The second-order valence-corrected chi connectivity index (χ2v) is 7.92. The van der Waals surface area contributed by atoms with E-state index in [4.69, 9.17) is 33.2 Å². The molecule has 0 amide bonds. The minimum absolute atomic E-state index is 0.163. The fraction of sp³-hybridized carbons (Fsp3) is 0.545. The predicted octanol–water partition coefficient (Wildman–Crippen LogP) is 1.97. The molecule has 0 aliphatic carbocycles. The number of hydrogen-bond donors (Lipinski definition) is 0. The third kappa shape index (κ3) is 2.70. The monoisotopic (exact) mass is 432 g/mol. The van der Waals surface area contributed by atoms with Gasteiger partial charge in [0.25, 0.3) is 5.79 Å². The standard InChI is InChI=1S/C22H24O9/c1-4-26-18(24)16-12(2)30-22-17-14(11-27-19(29-17)13-8-6-5-7-9-13)28-20(25-3)21(16,22)10-15(23)31-22/h5-9,14,17,19-20H,4,10-11H2,1-3H3/t14-,17-,19?,20+,21+,22+/m1/s1. The minimum atomic E-state index is -1.63. The summed E-state index contributed by atoms with van der Waals surface area (Å²) < 4.78 is 41.3. The van der Waals surface area contributed by atoms with Crippen LogP contribution >= 0.6 is 0 Å². The third-order valence-electron chi connectivity index (χ3n) is 6.27. The largest absolute Gasteiger partial charge is 0.463 e. The first-order chi connectivity index (χ1) is 15.0. The van der Waals surface area contributed by atoms with Crippen molar-refractivity contribution in [3.8, 4) is 0 Å². The molecular formula is C22H24O9. The summed E-state index contributed by atoms with van der Waals surface area (Å²) in [6, 6.07) is 9.40. The molecule has 9 heteroatoms. The molecule has 1 aromatic rings. The van der Waals surface area contributed by atoms with Gasteiger partial charge in [-0.2, -0.15) is 0 Å². The number of rotatable bonds is 4. The average Bonchev–Trinajstić information content (AvgIpc) is 3.19. The summed E-state index contributed by atoms with van der Waals surface area (Å²) in [4.78, 5) is 25.6. The van der Waals surface area contributed by atoms with E-state index in [-0.39, 0.29) is 25.2 Å². The summed E-state index contributed by atoms with van der Waals surface area (Å²) in [6.07, 6.45) is -3.38. The van der Waals surface area contributed by atoms with Gasteiger partial charge in [0.1, 0.15) is 17.3 Å². The highest BCUT2D eigenvalue weighted by Gasteiger charge is 2.82. The van der Waals surface area contributed by atoms with Crippen LogP contribution in [0.25, 0.3) is 0 Å². The van der Waals surface area contributed by atoms with Crippen molar-refractivity contribution in [2.45, 2.75) is 50.8 Å². The fourth-order valence-electron chi connectivity index (χ4n) is 5.17. The Morgan fingerprint density at radius 2 is 1.97 bits per heavy atom. The molecule has 0 saturated carbocycles. The van der Waals surface area contributed by atoms with Crippen LogP contribution in [0.2, 0.25) is 0 Å². The lowest BCUT2D eigenvalue weighted by molar-refractivity contribution is -0.419. The van der Waals surface area contributed by atoms with Gasteiger partial charge in [-0.3, -0.25) is 4.79 Å². The van der Waals surface area contributed by atoms with Crippen molar-refractivity contribution in [1.82, 2.24) is 0 Å². The SMILES string of the molecule is CCOC(=O)C1=C(C)O[C@@]23OC(=O)C[C@@]12[C@@H](OC)O[C@@H]1COC(c2ccccc2)O[C@H]13. The van der Waals surface area contributed by atoms with E-state index in [9.17, 15) is 9.59 Å². The van der Waals surface area contributed by atoms with Crippen LogP contribution in [0.1, 0.15) is 32.1 Å². The molecule has 31 heavy (non-hydrogen) atoms. The Kier molecular flexibility index (Phi) is 4.82. The first-order valence-corrected chi connectivity index (χ1v) is 10.3. The molecule has 0 radical (unpaired) electrons. The van der Waals surface area contributed by atoms with Crippen molar-refractivity contribution in [2.24, 2.45) is 5.41 Å². The van der Waals surface area contributed by atoms with Crippen LogP contribution in [0.15, 0.2) is 41.7 Å². The Morgan fingerprint density at radius 3 is 2.68 bits per heavy atom. The zero-order chi connectivity index (χ0) is 21.8. The molecule has 3 saturated heterocycles. The number of hydrogen-bond acceptors (Lipinski definition) is 9. The third-order valence-corrected chi connectivity index (χ3v) is 6.27. The molecule has 0 spiro atoms. The molecule has 9 nitrogen and oxygen atoms in total. The fourth-order valence-corrected chi connectivity index (χ4v) is 5.17. The molecule has 3 fully saturated rings. The molecule has 4 heterocycles. The van der Waals surface area contributed by atoms with Crippen molar-refractivity contribution in [2.75, 3.05) is 20.3 Å². The molecule has 1 unspecified atom stereocenters. The number of fused-ring (bicyclic) bond motifs is 1. The molecule has 0 bridgehead atoms. The summed E-state index contributed by atoms with van der Waals surface area (Å²) >= 11 is 0. The van der Waals surface area contributed by atoms with Gasteiger partial charge in [-0.1, -0.05) is 30.3 Å². The summed E-state index contributed by atoms with van der Waals surface area (Å²) in [5.74, 6) is -2.47. The van der Waals surface area contributed by atoms with E-state index in [0.717, 1.165) is 5.56 Å². The van der Waals surface area contributed by atoms with Gasteiger partial charge in [-0.25, -0.2) is 4.79 Å². The summed E-state index contributed by atoms with van der Waals surface area (Å²) in [5.41, 5.74) is -0.388. The summed E-state index contributed by atoms with van der Waals surface area (Å²) in [7, 11) is 1.45. The maximum Gasteiger partial charge on any atom is 0.338 e. The Bertz CT molecular complexity index is 928. The maximum atomic E-state index is 13.0. The van der Waals surface area contributed by atoms with Crippen LogP contribution in [0.5, 0.6) is 0 Å². The van der Waals surface area contributed by atoms with Gasteiger partial charge in [-0.15, -0.1) is 0 Å². The molecule has 4 aliphatic heterocycles. The highest BCUT2D eigenvalue weighted by atomic mass is 16.8. The van der Waals surface area contributed by atoms with Crippen molar-refractivity contribution >= 4 is 11.9 Å². The van der Waals surface area contributed by atoms with E-state index >= 15 is 0 Å². The zero-order valence-corrected chi connectivity index (χ0v) is 17.5. The second-order valence-electron chi connectivity index (χ2n) is 7.92. The van der Waals surface area contributed by atoms with Gasteiger partial charge >= 0.3 is 11.9 Å². The Balaban J connectivity index is 1.60. The zero-order valence-electron chi connectivity index (χ0n) is 17.5. The number of carbonyl (C=O) groups excluding carboxylic acids is 2. The lowest BCUT2D eigenvalue weighted by atomic mass is 9.67. The predicted molar refractivity (Wildman–Crippen MR) is 102 cm³/mol. The van der Waals surface area contributed by atoms with E-state index in [1.807, 2.05) is 30.3 Å². The summed E-state index contributed by atoms with van der Waals surface area (Å²) in [5, 5.41) is 0. The highest BCUT2D eigenvalue weighted by molar-refractivity contribution is 5.94. The molecule has 0 aromatic heterocycles. The van der Waals surface area contributed by atoms with Crippen LogP contribution in [0.4, 0.5) is 0 Å². The number of ether oxygens (including phenoxy) is 7. The average molecular weight is 432 g/mol. The van der Waals surface area contributed by atoms with Crippen molar-refractivity contribution in [1.29, 1.82) is 0 Å².